The van der Waals surface area contributed by atoms with Crippen molar-refractivity contribution >= 4 is 23.2 Å². The van der Waals surface area contributed by atoms with Crippen molar-refractivity contribution in [1.29, 1.82) is 0 Å². The maximum atomic E-state index is 12.3. The molecule has 2 aliphatic rings. The molecule has 8 heteroatoms. The molecule has 160 valence electrons. The molecule has 1 aromatic heterocycles. The molecule has 0 bridgehead atoms. The van der Waals surface area contributed by atoms with Gasteiger partial charge in [-0.1, -0.05) is 37.6 Å². The number of carbonyl (C=O) groups is 1. The third-order valence-corrected chi connectivity index (χ3v) is 5.38. The number of hydrogen-bond donors (Lipinski definition) is 2. The monoisotopic (exact) mass is 411 g/mol. The molecule has 0 unspecified atom stereocenters. The van der Waals surface area contributed by atoms with Gasteiger partial charge in [0, 0.05) is 14.5 Å². The van der Waals surface area contributed by atoms with E-state index in [1.165, 1.54) is 18.4 Å². The quantitative estimate of drug-likeness (QED) is 0.689. The van der Waals surface area contributed by atoms with E-state index in [0.29, 0.717) is 24.5 Å². The lowest BCUT2D eigenvalue weighted by Gasteiger charge is -2.30. The largest absolute Gasteiger partial charge is 0.463 e. The topological polar surface area (TPSA) is 96.6 Å². The summed E-state index contributed by atoms with van der Waals surface area (Å²) < 4.78 is 13.4. The van der Waals surface area contributed by atoms with Gasteiger partial charge in [-0.2, -0.15) is 9.97 Å². The first-order valence-electron chi connectivity index (χ1n) is 11.2. The lowest BCUT2D eigenvalue weighted by Crippen LogP contribution is -2.39. The van der Waals surface area contributed by atoms with Crippen LogP contribution in [0.2, 0.25) is 0 Å². The molecular weight excluding hydrogens is 380 g/mol. The van der Waals surface area contributed by atoms with Crippen molar-refractivity contribution in [2.45, 2.75) is 45.7 Å². The van der Waals surface area contributed by atoms with Crippen LogP contribution in [0.3, 0.4) is 0 Å². The number of nitrogens with zero attached hydrogens (tertiary/aromatic N) is 4. The molecule has 1 amide bonds. The molecular formula is C22H30N6O2. The smallest absolute Gasteiger partial charge is 0.320 e. The fourth-order valence-electron chi connectivity index (χ4n) is 3.91. The molecule has 8 nitrogen and oxygen atoms in total. The number of carbonyl (C=O) groups excluding carboxylic acids is 1. The predicted molar refractivity (Wildman–Crippen MR) is 117 cm³/mol. The van der Waals surface area contributed by atoms with Crippen molar-refractivity contribution in [2.24, 2.45) is 0 Å². The van der Waals surface area contributed by atoms with Crippen molar-refractivity contribution in [1.82, 2.24) is 14.9 Å². The van der Waals surface area contributed by atoms with Crippen LogP contribution in [-0.2, 0) is 17.9 Å². The Morgan fingerprint density at radius 1 is 1.23 bits per heavy atom. The number of anilines is 3. The summed E-state index contributed by atoms with van der Waals surface area (Å²) in [7, 11) is 0. The van der Waals surface area contributed by atoms with Crippen LogP contribution >= 0.6 is 0 Å². The van der Waals surface area contributed by atoms with Gasteiger partial charge in [0.25, 0.3) is 0 Å². The first-order valence-corrected chi connectivity index (χ1v) is 10.6. The van der Waals surface area contributed by atoms with Gasteiger partial charge in [0.05, 0.1) is 13.2 Å². The van der Waals surface area contributed by atoms with Crippen LogP contribution in [0.1, 0.15) is 45.1 Å². The Morgan fingerprint density at radius 2 is 2.00 bits per heavy atom. The summed E-state index contributed by atoms with van der Waals surface area (Å²) in [5.41, 5.74) is 8.88. The molecule has 2 aromatic rings. The van der Waals surface area contributed by atoms with E-state index in [0.717, 1.165) is 25.2 Å². The van der Waals surface area contributed by atoms with Gasteiger partial charge in [-0.3, -0.25) is 9.69 Å². The number of fused-ring (bicyclic) bond motifs is 1. The van der Waals surface area contributed by atoms with Crippen LogP contribution in [0.25, 0.3) is 0 Å². The lowest BCUT2D eigenvalue weighted by atomic mass is 10.1. The van der Waals surface area contributed by atoms with E-state index in [2.05, 4.69) is 44.5 Å². The van der Waals surface area contributed by atoms with Crippen molar-refractivity contribution < 1.29 is 10.9 Å². The van der Waals surface area contributed by atoms with Gasteiger partial charge in [0.2, 0.25) is 5.91 Å². The number of amides is 1. The highest BCUT2D eigenvalue weighted by Gasteiger charge is 2.27. The van der Waals surface area contributed by atoms with E-state index in [4.69, 9.17) is 11.8 Å². The zero-order valence-electron chi connectivity index (χ0n) is 18.4. The van der Waals surface area contributed by atoms with Crippen LogP contribution in [-0.4, -0.2) is 47.0 Å². The third-order valence-electron chi connectivity index (χ3n) is 5.38. The molecule has 1 fully saturated rings. The SMILES string of the molecule is [2H][C@H](CC)COc1nc(N)c2c(n1)N(Cc1cccc(CN3CCCC3)c1)CC(=O)N2. The fraction of sp³-hybridized carbons (Fsp3) is 0.500. The Labute approximate surface area is 178 Å². The summed E-state index contributed by atoms with van der Waals surface area (Å²) in [6.45, 7) is 6.08. The standard InChI is InChI=1S/C22H30N6O2/c1-2-3-11-30-22-25-20(23)19-21(26-22)28(15-18(29)24-19)14-17-8-6-7-16(12-17)13-27-9-4-5-10-27/h6-8,12H,2-5,9-11,13-15H2,1H3,(H,24,29)(H2,23,25,26)/i3D/t3-/m1/s1. The fourth-order valence-corrected chi connectivity index (χ4v) is 3.91. The zero-order chi connectivity index (χ0) is 21.8. The molecule has 1 aromatic carbocycles. The predicted octanol–water partition coefficient (Wildman–Crippen LogP) is 2.79. The van der Waals surface area contributed by atoms with Gasteiger partial charge in [0.1, 0.15) is 5.69 Å². The normalized spacial score (nSPS) is 18.0. The molecule has 4 rings (SSSR count). The molecule has 1 saturated heterocycles. The minimum atomic E-state index is -0.352. The number of likely N-dealkylation sites (tertiary alicyclic amines) is 1. The second-order valence-electron chi connectivity index (χ2n) is 7.81. The Bertz CT molecular complexity index is 934. The summed E-state index contributed by atoms with van der Waals surface area (Å²) in [4.78, 5) is 25.3. The molecule has 0 saturated carbocycles. The lowest BCUT2D eigenvalue weighted by molar-refractivity contribution is -0.115. The molecule has 0 radical (unpaired) electrons. The van der Waals surface area contributed by atoms with E-state index in [1.54, 1.807) is 0 Å². The Morgan fingerprint density at radius 3 is 2.77 bits per heavy atom. The average molecular weight is 412 g/mol. The van der Waals surface area contributed by atoms with Crippen LogP contribution in [0.4, 0.5) is 17.3 Å². The highest BCUT2D eigenvalue weighted by atomic mass is 16.5. The molecule has 3 heterocycles. The number of nitrogens with two attached hydrogens (primary N) is 1. The van der Waals surface area contributed by atoms with E-state index < -0.39 is 0 Å². The molecule has 2 aliphatic heterocycles. The van der Waals surface area contributed by atoms with Crippen LogP contribution in [0.15, 0.2) is 24.3 Å². The average Bonchev–Trinajstić information content (AvgIpc) is 3.26. The van der Waals surface area contributed by atoms with Crippen LogP contribution in [0.5, 0.6) is 6.01 Å². The molecule has 3 N–H and O–H groups in total. The zero-order valence-corrected chi connectivity index (χ0v) is 17.4. The Kier molecular flexibility index (Phi) is 5.92. The van der Waals surface area contributed by atoms with E-state index in [-0.39, 0.29) is 37.3 Å². The molecule has 0 spiro atoms. The Balaban J connectivity index is 1.54. The number of ether oxygens (including phenoxy) is 1. The maximum absolute atomic E-state index is 12.3. The summed E-state index contributed by atoms with van der Waals surface area (Å²) in [6, 6.07) is 8.60. The first kappa shape index (κ1) is 19.1. The van der Waals surface area contributed by atoms with Crippen molar-refractivity contribution in [2.75, 3.05) is 42.2 Å². The number of benzene rings is 1. The highest BCUT2D eigenvalue weighted by molar-refractivity contribution is 6.03. The van der Waals surface area contributed by atoms with Gasteiger partial charge in [-0.05, 0) is 43.5 Å². The van der Waals surface area contributed by atoms with Crippen molar-refractivity contribution in [3.8, 4) is 6.01 Å². The minimum absolute atomic E-state index is 0.130. The minimum Gasteiger partial charge on any atom is -0.463 e. The van der Waals surface area contributed by atoms with E-state index in [1.807, 2.05) is 11.8 Å². The van der Waals surface area contributed by atoms with Gasteiger partial charge < -0.3 is 20.7 Å². The highest BCUT2D eigenvalue weighted by Crippen LogP contribution is 2.34. The summed E-state index contributed by atoms with van der Waals surface area (Å²) in [6.07, 6.45) is 2.86. The number of rotatable bonds is 8. The molecule has 1 atom stereocenters. The molecule has 30 heavy (non-hydrogen) atoms. The van der Waals surface area contributed by atoms with E-state index >= 15 is 0 Å². The number of hydrogen-bond acceptors (Lipinski definition) is 7. The van der Waals surface area contributed by atoms with Crippen LogP contribution < -0.4 is 20.7 Å². The number of aromatic nitrogens is 2. The van der Waals surface area contributed by atoms with E-state index in [9.17, 15) is 4.79 Å². The van der Waals surface area contributed by atoms with Crippen molar-refractivity contribution in [3.63, 3.8) is 0 Å². The second-order valence-corrected chi connectivity index (χ2v) is 7.81. The maximum Gasteiger partial charge on any atom is 0.320 e. The van der Waals surface area contributed by atoms with Gasteiger partial charge >= 0.3 is 6.01 Å². The summed E-state index contributed by atoms with van der Waals surface area (Å²) >= 11 is 0. The Hall–Kier alpha value is -2.87. The first-order chi connectivity index (χ1) is 15.0. The van der Waals surface area contributed by atoms with Gasteiger partial charge in [-0.25, -0.2) is 0 Å². The summed E-state index contributed by atoms with van der Waals surface area (Å²) in [5.74, 6) is 0.561. The van der Waals surface area contributed by atoms with Gasteiger partial charge in [-0.15, -0.1) is 0 Å². The molecule has 0 aliphatic carbocycles. The third kappa shape index (κ3) is 4.81. The number of nitrogens with one attached hydrogen (secondary N) is 1. The second kappa shape index (κ2) is 9.30. The van der Waals surface area contributed by atoms with Gasteiger partial charge in [0.15, 0.2) is 11.6 Å². The van der Waals surface area contributed by atoms with Crippen LogP contribution in [0, 0.1) is 0 Å². The number of nitrogen functional groups attached to an aromatic ring is 1. The summed E-state index contributed by atoms with van der Waals surface area (Å²) in [5, 5.41) is 2.78. The van der Waals surface area contributed by atoms with Crippen molar-refractivity contribution in [3.05, 3.63) is 35.4 Å².